The van der Waals surface area contributed by atoms with Gasteiger partial charge in [-0.1, -0.05) is 19.9 Å². The van der Waals surface area contributed by atoms with Crippen molar-refractivity contribution in [3.05, 3.63) is 23.8 Å². The van der Waals surface area contributed by atoms with Crippen LogP contribution in [0.3, 0.4) is 0 Å². The summed E-state index contributed by atoms with van der Waals surface area (Å²) in [4.78, 5) is 0. The maximum absolute atomic E-state index is 5.81. The molecule has 1 aromatic carbocycles. The Bertz CT molecular complexity index is 394. The van der Waals surface area contributed by atoms with E-state index < -0.39 is 0 Å². The third kappa shape index (κ3) is 7.34. The minimum atomic E-state index is 0.716. The van der Waals surface area contributed by atoms with E-state index in [0.29, 0.717) is 6.61 Å². The highest BCUT2D eigenvalue weighted by Crippen LogP contribution is 2.28. The van der Waals surface area contributed by atoms with Crippen LogP contribution in [0, 0.1) is 5.92 Å². The van der Waals surface area contributed by atoms with Gasteiger partial charge in [-0.15, -0.1) is 0 Å². The lowest BCUT2D eigenvalue weighted by Crippen LogP contribution is -2.18. The summed E-state index contributed by atoms with van der Waals surface area (Å²) in [6, 6.07) is 6.08. The van der Waals surface area contributed by atoms with Crippen molar-refractivity contribution in [1.29, 1.82) is 0 Å². The Balaban J connectivity index is 2.46. The summed E-state index contributed by atoms with van der Waals surface area (Å²) < 4.78 is 16.2. The van der Waals surface area contributed by atoms with Gasteiger partial charge in [0.2, 0.25) is 0 Å². The molecule has 0 saturated heterocycles. The van der Waals surface area contributed by atoms with E-state index in [4.69, 9.17) is 14.2 Å². The normalized spacial score (nSPS) is 10.9. The third-order valence-electron chi connectivity index (χ3n) is 3.22. The number of ether oxygens (including phenoxy) is 3. The molecule has 0 aliphatic carbocycles. The monoisotopic (exact) mass is 295 g/mol. The first-order valence-corrected chi connectivity index (χ1v) is 7.66. The molecule has 0 heterocycles. The maximum atomic E-state index is 5.81. The molecule has 0 fully saturated rings. The Kier molecular flexibility index (Phi) is 8.87. The van der Waals surface area contributed by atoms with Crippen molar-refractivity contribution >= 4 is 0 Å². The fraction of sp³-hybridized carbons (Fsp3) is 0.647. The molecule has 1 aromatic rings. The van der Waals surface area contributed by atoms with Gasteiger partial charge in [0.25, 0.3) is 0 Å². The van der Waals surface area contributed by atoms with Gasteiger partial charge in [0.15, 0.2) is 11.5 Å². The quantitative estimate of drug-likeness (QED) is 0.636. The highest BCUT2D eigenvalue weighted by molar-refractivity contribution is 5.42. The number of methoxy groups -OCH3 is 2. The second-order valence-electron chi connectivity index (χ2n) is 5.54. The van der Waals surface area contributed by atoms with Crippen molar-refractivity contribution in [2.75, 3.05) is 34.0 Å². The van der Waals surface area contributed by atoms with Crippen LogP contribution in [0.25, 0.3) is 0 Å². The van der Waals surface area contributed by atoms with Crippen LogP contribution in [0.4, 0.5) is 0 Å². The number of benzene rings is 1. The Labute approximate surface area is 128 Å². The van der Waals surface area contributed by atoms with Gasteiger partial charge in [-0.25, -0.2) is 0 Å². The average molecular weight is 295 g/mol. The highest BCUT2D eigenvalue weighted by atomic mass is 16.5. The van der Waals surface area contributed by atoms with Gasteiger partial charge in [-0.05, 0) is 36.5 Å². The molecular weight excluding hydrogens is 266 g/mol. The first-order chi connectivity index (χ1) is 10.2. The minimum Gasteiger partial charge on any atom is -0.493 e. The van der Waals surface area contributed by atoms with Crippen molar-refractivity contribution < 1.29 is 14.2 Å². The molecule has 1 rings (SSSR count). The number of nitrogens with one attached hydrogen (secondary N) is 1. The van der Waals surface area contributed by atoms with Gasteiger partial charge < -0.3 is 19.5 Å². The average Bonchev–Trinajstić information content (AvgIpc) is 2.48. The zero-order chi connectivity index (χ0) is 15.5. The van der Waals surface area contributed by atoms with Gasteiger partial charge in [-0.2, -0.15) is 0 Å². The van der Waals surface area contributed by atoms with Gasteiger partial charge in [0.05, 0.1) is 20.3 Å². The highest BCUT2D eigenvalue weighted by Gasteiger charge is 2.06. The summed E-state index contributed by atoms with van der Waals surface area (Å²) >= 11 is 0. The molecule has 0 aliphatic rings. The van der Waals surface area contributed by atoms with Crippen molar-refractivity contribution in [2.24, 2.45) is 5.92 Å². The molecule has 21 heavy (non-hydrogen) atoms. The van der Waals surface area contributed by atoms with E-state index in [0.717, 1.165) is 43.5 Å². The summed E-state index contributed by atoms with van der Waals surface area (Å²) in [5, 5.41) is 3.32. The van der Waals surface area contributed by atoms with E-state index in [9.17, 15) is 0 Å². The Morgan fingerprint density at radius 1 is 1.10 bits per heavy atom. The van der Waals surface area contributed by atoms with Crippen molar-refractivity contribution in [3.63, 3.8) is 0 Å². The Morgan fingerprint density at radius 3 is 2.57 bits per heavy atom. The van der Waals surface area contributed by atoms with E-state index >= 15 is 0 Å². The van der Waals surface area contributed by atoms with Crippen LogP contribution in [-0.4, -0.2) is 34.0 Å². The van der Waals surface area contributed by atoms with Crippen LogP contribution in [0.1, 0.15) is 32.3 Å². The second kappa shape index (κ2) is 10.5. The summed E-state index contributed by atoms with van der Waals surface area (Å²) in [6.45, 7) is 7.55. The van der Waals surface area contributed by atoms with Gasteiger partial charge in [0.1, 0.15) is 0 Å². The number of hydrogen-bond acceptors (Lipinski definition) is 4. The second-order valence-corrected chi connectivity index (χ2v) is 5.54. The first kappa shape index (κ1) is 17.8. The molecule has 4 heteroatoms. The van der Waals surface area contributed by atoms with E-state index in [1.165, 1.54) is 12.0 Å². The van der Waals surface area contributed by atoms with Crippen LogP contribution in [0.2, 0.25) is 0 Å². The first-order valence-electron chi connectivity index (χ1n) is 7.66. The molecule has 0 saturated carbocycles. The standard InChI is InChI=1S/C17H29NO3/c1-14(2)6-5-10-21-16-8-7-15(12-17(16)20-4)13-18-9-11-19-3/h7-8,12,14,18H,5-6,9-11,13H2,1-4H3. The molecule has 0 aromatic heterocycles. The zero-order valence-electron chi connectivity index (χ0n) is 13.8. The molecule has 1 N–H and O–H groups in total. The van der Waals surface area contributed by atoms with E-state index in [2.05, 4.69) is 25.2 Å². The van der Waals surface area contributed by atoms with Gasteiger partial charge in [0, 0.05) is 20.2 Å². The molecular formula is C17H29NO3. The summed E-state index contributed by atoms with van der Waals surface area (Å²) in [5.41, 5.74) is 1.18. The van der Waals surface area contributed by atoms with Crippen molar-refractivity contribution in [3.8, 4) is 11.5 Å². The molecule has 0 spiro atoms. The van der Waals surface area contributed by atoms with Crippen molar-refractivity contribution in [2.45, 2.75) is 33.2 Å². The van der Waals surface area contributed by atoms with Crippen LogP contribution < -0.4 is 14.8 Å². The molecule has 0 bridgehead atoms. The van der Waals surface area contributed by atoms with E-state index in [1.54, 1.807) is 14.2 Å². The molecule has 0 atom stereocenters. The predicted molar refractivity (Wildman–Crippen MR) is 86.1 cm³/mol. The minimum absolute atomic E-state index is 0.716. The van der Waals surface area contributed by atoms with Crippen LogP contribution >= 0.6 is 0 Å². The predicted octanol–water partition coefficient (Wildman–Crippen LogP) is 3.25. The van der Waals surface area contributed by atoms with Gasteiger partial charge in [-0.3, -0.25) is 0 Å². The molecule has 4 nitrogen and oxygen atoms in total. The molecule has 0 radical (unpaired) electrons. The molecule has 0 amide bonds. The van der Waals surface area contributed by atoms with E-state index in [1.807, 2.05) is 12.1 Å². The summed E-state index contributed by atoms with van der Waals surface area (Å²) in [6.07, 6.45) is 2.25. The SMILES string of the molecule is COCCNCc1ccc(OCCCC(C)C)c(OC)c1. The fourth-order valence-corrected chi connectivity index (χ4v) is 2.02. The Hall–Kier alpha value is -1.26. The third-order valence-corrected chi connectivity index (χ3v) is 3.22. The lowest BCUT2D eigenvalue weighted by atomic mass is 10.1. The lowest BCUT2D eigenvalue weighted by Gasteiger charge is -2.13. The van der Waals surface area contributed by atoms with E-state index in [-0.39, 0.29) is 0 Å². The molecule has 0 aliphatic heterocycles. The zero-order valence-corrected chi connectivity index (χ0v) is 13.8. The summed E-state index contributed by atoms with van der Waals surface area (Å²) in [7, 11) is 3.38. The maximum Gasteiger partial charge on any atom is 0.161 e. The Morgan fingerprint density at radius 2 is 1.90 bits per heavy atom. The van der Waals surface area contributed by atoms with Crippen LogP contribution in [-0.2, 0) is 11.3 Å². The summed E-state index contributed by atoms with van der Waals surface area (Å²) in [5.74, 6) is 2.34. The van der Waals surface area contributed by atoms with Crippen LogP contribution in [0.5, 0.6) is 11.5 Å². The topological polar surface area (TPSA) is 39.7 Å². The lowest BCUT2D eigenvalue weighted by molar-refractivity contribution is 0.199. The number of hydrogen-bond donors (Lipinski definition) is 1. The fourth-order valence-electron chi connectivity index (χ4n) is 2.02. The largest absolute Gasteiger partial charge is 0.493 e. The molecule has 120 valence electrons. The smallest absolute Gasteiger partial charge is 0.161 e. The van der Waals surface area contributed by atoms with Crippen molar-refractivity contribution in [1.82, 2.24) is 5.32 Å². The number of rotatable bonds is 11. The molecule has 0 unspecified atom stereocenters. The van der Waals surface area contributed by atoms with Gasteiger partial charge >= 0.3 is 0 Å². The van der Waals surface area contributed by atoms with Crippen LogP contribution in [0.15, 0.2) is 18.2 Å².